The molecule has 1 amide bonds. The summed E-state index contributed by atoms with van der Waals surface area (Å²) in [7, 11) is 2.07. The van der Waals surface area contributed by atoms with Gasteiger partial charge in [-0.1, -0.05) is 18.2 Å². The third kappa shape index (κ3) is 4.35. The molecular formula is C24H27N3O2. The summed E-state index contributed by atoms with van der Waals surface area (Å²) in [5.41, 5.74) is 2.04. The number of para-hydroxylation sites is 1. The molecule has 2 aromatic carbocycles. The molecule has 150 valence electrons. The number of aryl methyl sites for hydroxylation is 1. The lowest BCUT2D eigenvalue weighted by Gasteiger charge is -2.30. The third-order valence-corrected chi connectivity index (χ3v) is 5.60. The van der Waals surface area contributed by atoms with Crippen LogP contribution in [0, 0.1) is 0 Å². The lowest BCUT2D eigenvalue weighted by molar-refractivity contribution is -0.121. The Balaban J connectivity index is 1.39. The maximum absolute atomic E-state index is 12.9. The summed E-state index contributed by atoms with van der Waals surface area (Å²) in [6, 6.07) is 21.5. The minimum atomic E-state index is -0.197. The van der Waals surface area contributed by atoms with Crippen LogP contribution in [0.3, 0.4) is 0 Å². The van der Waals surface area contributed by atoms with Crippen LogP contribution >= 0.6 is 0 Å². The van der Waals surface area contributed by atoms with Crippen molar-refractivity contribution in [1.82, 2.24) is 9.47 Å². The summed E-state index contributed by atoms with van der Waals surface area (Å²) in [6.45, 7) is 2.93. The van der Waals surface area contributed by atoms with E-state index in [2.05, 4.69) is 40.2 Å². The topological polar surface area (TPSA) is 46.5 Å². The molecule has 29 heavy (non-hydrogen) atoms. The van der Waals surface area contributed by atoms with Gasteiger partial charge in [-0.05, 0) is 74.8 Å². The molecule has 4 rings (SSSR count). The first-order valence-corrected chi connectivity index (χ1v) is 10.1. The molecule has 5 nitrogen and oxygen atoms in total. The number of aromatic nitrogens is 1. The first-order chi connectivity index (χ1) is 14.1. The van der Waals surface area contributed by atoms with Gasteiger partial charge in [-0.15, -0.1) is 0 Å². The molecule has 1 aromatic heterocycles. The number of anilines is 1. The lowest BCUT2D eigenvalue weighted by atomic mass is 10.1. The fourth-order valence-electron chi connectivity index (χ4n) is 4.02. The van der Waals surface area contributed by atoms with Crippen LogP contribution in [0.4, 0.5) is 5.69 Å². The highest BCUT2D eigenvalue weighted by Crippen LogP contribution is 2.34. The van der Waals surface area contributed by atoms with Crippen molar-refractivity contribution >= 4 is 11.6 Å². The zero-order valence-corrected chi connectivity index (χ0v) is 16.9. The number of likely N-dealkylation sites (tertiary alicyclic amines) is 1. The van der Waals surface area contributed by atoms with Crippen molar-refractivity contribution in [2.75, 3.05) is 11.9 Å². The maximum atomic E-state index is 12.9. The SMILES string of the molecule is C[C@@H](C(=O)Nc1ccc(Oc2ccccc2)cc1)N1CCC[C@H]1c1cccn1C. The largest absolute Gasteiger partial charge is 0.457 e. The zero-order valence-electron chi connectivity index (χ0n) is 16.9. The molecule has 2 atom stereocenters. The van der Waals surface area contributed by atoms with Gasteiger partial charge in [0.25, 0.3) is 0 Å². The van der Waals surface area contributed by atoms with Gasteiger partial charge in [0.2, 0.25) is 5.91 Å². The Labute approximate surface area is 171 Å². The van der Waals surface area contributed by atoms with Crippen molar-refractivity contribution in [3.8, 4) is 11.5 Å². The van der Waals surface area contributed by atoms with E-state index in [4.69, 9.17) is 4.74 Å². The number of rotatable bonds is 6. The molecule has 1 aliphatic rings. The minimum Gasteiger partial charge on any atom is -0.457 e. The monoisotopic (exact) mass is 389 g/mol. The lowest BCUT2D eigenvalue weighted by Crippen LogP contribution is -2.41. The van der Waals surface area contributed by atoms with Crippen molar-refractivity contribution in [2.45, 2.75) is 31.8 Å². The number of nitrogens with one attached hydrogen (secondary N) is 1. The van der Waals surface area contributed by atoms with Crippen molar-refractivity contribution in [3.05, 3.63) is 78.6 Å². The van der Waals surface area contributed by atoms with Crippen molar-refractivity contribution in [1.29, 1.82) is 0 Å². The quantitative estimate of drug-likeness (QED) is 0.647. The number of carbonyl (C=O) groups excluding carboxylic acids is 1. The molecule has 0 radical (unpaired) electrons. The number of nitrogens with zero attached hydrogens (tertiary/aromatic N) is 2. The normalized spacial score (nSPS) is 17.8. The Morgan fingerprint density at radius 2 is 1.76 bits per heavy atom. The van der Waals surface area contributed by atoms with Crippen molar-refractivity contribution in [3.63, 3.8) is 0 Å². The number of amides is 1. The highest BCUT2D eigenvalue weighted by molar-refractivity contribution is 5.94. The second-order valence-corrected chi connectivity index (χ2v) is 7.54. The Kier molecular flexibility index (Phi) is 5.67. The highest BCUT2D eigenvalue weighted by atomic mass is 16.5. The van der Waals surface area contributed by atoms with Gasteiger partial charge in [-0.2, -0.15) is 0 Å². The molecule has 2 heterocycles. The van der Waals surface area contributed by atoms with Crippen LogP contribution in [0.1, 0.15) is 31.5 Å². The van der Waals surface area contributed by atoms with E-state index >= 15 is 0 Å². The highest BCUT2D eigenvalue weighted by Gasteiger charge is 2.34. The van der Waals surface area contributed by atoms with Gasteiger partial charge >= 0.3 is 0 Å². The summed E-state index contributed by atoms with van der Waals surface area (Å²) >= 11 is 0. The molecule has 0 bridgehead atoms. The van der Waals surface area contributed by atoms with E-state index in [1.807, 2.05) is 61.5 Å². The Morgan fingerprint density at radius 1 is 1.03 bits per heavy atom. The van der Waals surface area contributed by atoms with E-state index in [0.717, 1.165) is 36.6 Å². The minimum absolute atomic E-state index is 0.0165. The fraction of sp³-hybridized carbons (Fsp3) is 0.292. The predicted octanol–water partition coefficient (Wildman–Crippen LogP) is 4.98. The van der Waals surface area contributed by atoms with E-state index in [0.29, 0.717) is 0 Å². The zero-order chi connectivity index (χ0) is 20.2. The Bertz CT molecular complexity index is 950. The Morgan fingerprint density at radius 3 is 2.45 bits per heavy atom. The number of hydrogen-bond acceptors (Lipinski definition) is 3. The van der Waals surface area contributed by atoms with Gasteiger partial charge in [0, 0.05) is 24.6 Å². The Hall–Kier alpha value is -3.05. The summed E-state index contributed by atoms with van der Waals surface area (Å²) in [5.74, 6) is 1.55. The second-order valence-electron chi connectivity index (χ2n) is 7.54. The van der Waals surface area contributed by atoms with Gasteiger partial charge in [0.15, 0.2) is 0 Å². The predicted molar refractivity (Wildman–Crippen MR) is 115 cm³/mol. The number of ether oxygens (including phenoxy) is 1. The van der Waals surface area contributed by atoms with Crippen molar-refractivity contribution < 1.29 is 9.53 Å². The molecule has 0 aliphatic carbocycles. The van der Waals surface area contributed by atoms with Crippen LogP contribution in [0.25, 0.3) is 0 Å². The molecule has 1 fully saturated rings. The molecule has 1 aliphatic heterocycles. The van der Waals surface area contributed by atoms with Gasteiger partial charge in [-0.3, -0.25) is 9.69 Å². The first kappa shape index (κ1) is 19.3. The van der Waals surface area contributed by atoms with Gasteiger partial charge in [0.1, 0.15) is 11.5 Å². The molecular weight excluding hydrogens is 362 g/mol. The van der Waals surface area contributed by atoms with Gasteiger partial charge < -0.3 is 14.6 Å². The van der Waals surface area contributed by atoms with Crippen molar-refractivity contribution in [2.24, 2.45) is 7.05 Å². The van der Waals surface area contributed by atoms with Crippen LogP contribution in [-0.2, 0) is 11.8 Å². The molecule has 1 saturated heterocycles. The number of hydrogen-bond donors (Lipinski definition) is 1. The molecule has 5 heteroatoms. The van der Waals surface area contributed by atoms with E-state index in [-0.39, 0.29) is 18.0 Å². The summed E-state index contributed by atoms with van der Waals surface area (Å²) in [4.78, 5) is 15.2. The molecule has 0 saturated carbocycles. The fourth-order valence-corrected chi connectivity index (χ4v) is 4.02. The van der Waals surface area contributed by atoms with Gasteiger partial charge in [-0.25, -0.2) is 0 Å². The molecule has 1 N–H and O–H groups in total. The number of carbonyl (C=O) groups is 1. The van der Waals surface area contributed by atoms with Crippen LogP contribution in [0.2, 0.25) is 0 Å². The molecule has 0 spiro atoms. The van der Waals surface area contributed by atoms with E-state index in [1.54, 1.807) is 0 Å². The average Bonchev–Trinajstić information content (AvgIpc) is 3.38. The van der Waals surface area contributed by atoms with E-state index < -0.39 is 0 Å². The summed E-state index contributed by atoms with van der Waals surface area (Å²) in [5, 5.41) is 3.05. The first-order valence-electron chi connectivity index (χ1n) is 10.1. The van der Waals surface area contributed by atoms with Crippen LogP contribution in [-0.4, -0.2) is 28.0 Å². The van der Waals surface area contributed by atoms with Gasteiger partial charge in [0.05, 0.1) is 12.1 Å². The average molecular weight is 389 g/mol. The summed E-state index contributed by atoms with van der Waals surface area (Å²) < 4.78 is 7.96. The van der Waals surface area contributed by atoms with E-state index in [9.17, 15) is 4.79 Å². The molecule has 3 aromatic rings. The number of benzene rings is 2. The van der Waals surface area contributed by atoms with Crippen LogP contribution in [0.5, 0.6) is 11.5 Å². The third-order valence-electron chi connectivity index (χ3n) is 5.60. The second kappa shape index (κ2) is 8.53. The summed E-state index contributed by atoms with van der Waals surface area (Å²) in [6.07, 6.45) is 4.26. The smallest absolute Gasteiger partial charge is 0.241 e. The molecule has 0 unspecified atom stereocenters. The van der Waals surface area contributed by atoms with Crippen LogP contribution in [0.15, 0.2) is 72.9 Å². The standard InChI is InChI=1S/C24H27N3O2/c1-18(27-17-7-11-23(27)22-10-6-16-26(22)2)24(28)25-19-12-14-21(15-13-19)29-20-8-4-3-5-9-20/h3-6,8-10,12-16,18,23H,7,11,17H2,1-2H3,(H,25,28)/t18-,23-/m0/s1. The van der Waals surface area contributed by atoms with E-state index in [1.165, 1.54) is 5.69 Å². The van der Waals surface area contributed by atoms with Crippen LogP contribution < -0.4 is 10.1 Å². The maximum Gasteiger partial charge on any atom is 0.241 e.